The van der Waals surface area contributed by atoms with E-state index in [-0.39, 0.29) is 24.9 Å². The zero-order chi connectivity index (χ0) is 10.6. The summed E-state index contributed by atoms with van der Waals surface area (Å²) < 4.78 is 9.93. The van der Waals surface area contributed by atoms with Gasteiger partial charge in [-0.3, -0.25) is 19.8 Å². The Balaban J connectivity index is 2.43. The molecule has 1 fully saturated rings. The van der Waals surface area contributed by atoms with Crippen LogP contribution in [0.1, 0.15) is 0 Å². The quantitative estimate of drug-likeness (QED) is 0.447. The summed E-state index contributed by atoms with van der Waals surface area (Å²) in [6, 6.07) is 0. The fraction of sp³-hybridized carbons (Fsp3) is 0.750. The normalized spacial score (nSPS) is 18.8. The number of methoxy groups -OCH3 is 2. The van der Waals surface area contributed by atoms with Gasteiger partial charge in [0, 0.05) is 14.2 Å². The molecule has 0 radical (unpaired) electrons. The summed E-state index contributed by atoms with van der Waals surface area (Å²) in [7, 11) is 3.03. The number of rotatable bonds is 4. The molecular weight excluding hydrogens is 188 g/mol. The van der Waals surface area contributed by atoms with Gasteiger partial charge in [0.15, 0.2) is 6.29 Å². The summed E-state index contributed by atoms with van der Waals surface area (Å²) in [5.74, 6) is -0.570. The minimum atomic E-state index is -0.409. The monoisotopic (exact) mass is 202 g/mol. The smallest absolute Gasteiger partial charge is 0.240 e. The maximum absolute atomic E-state index is 11.0. The Hall–Kier alpha value is -0.980. The van der Waals surface area contributed by atoms with Crippen molar-refractivity contribution < 1.29 is 19.1 Å². The molecule has 1 aliphatic rings. The van der Waals surface area contributed by atoms with Gasteiger partial charge in [0.25, 0.3) is 0 Å². The molecule has 1 N–H and O–H groups in total. The predicted octanol–water partition coefficient (Wildman–Crippen LogP) is -1.44. The van der Waals surface area contributed by atoms with Crippen LogP contribution in [0.3, 0.4) is 0 Å². The number of hydrogen-bond acceptors (Lipinski definition) is 5. The zero-order valence-electron chi connectivity index (χ0n) is 8.28. The van der Waals surface area contributed by atoms with Crippen LogP contribution in [0.15, 0.2) is 0 Å². The van der Waals surface area contributed by atoms with E-state index in [4.69, 9.17) is 9.47 Å². The van der Waals surface area contributed by atoms with E-state index in [0.29, 0.717) is 6.54 Å². The molecule has 0 spiro atoms. The molecule has 1 aliphatic heterocycles. The van der Waals surface area contributed by atoms with Crippen molar-refractivity contribution in [2.24, 2.45) is 0 Å². The first kappa shape index (κ1) is 11.1. The van der Waals surface area contributed by atoms with E-state index in [2.05, 4.69) is 5.32 Å². The van der Waals surface area contributed by atoms with Crippen LogP contribution in [-0.2, 0) is 19.1 Å². The fourth-order valence-corrected chi connectivity index (χ4v) is 1.28. The van der Waals surface area contributed by atoms with Gasteiger partial charge in [0.05, 0.1) is 19.6 Å². The van der Waals surface area contributed by atoms with Crippen LogP contribution < -0.4 is 5.32 Å². The molecule has 0 aromatic carbocycles. The second kappa shape index (κ2) is 5.04. The van der Waals surface area contributed by atoms with Crippen molar-refractivity contribution >= 4 is 11.8 Å². The van der Waals surface area contributed by atoms with Gasteiger partial charge in [-0.1, -0.05) is 0 Å². The molecule has 1 rings (SSSR count). The number of carbonyl (C=O) groups excluding carboxylic acids is 2. The molecular formula is C8H14N2O4. The first-order chi connectivity index (χ1) is 6.65. The molecule has 2 amide bonds. The van der Waals surface area contributed by atoms with Gasteiger partial charge in [0.2, 0.25) is 11.8 Å². The van der Waals surface area contributed by atoms with Gasteiger partial charge >= 0.3 is 0 Å². The van der Waals surface area contributed by atoms with Crippen LogP contribution in [0.2, 0.25) is 0 Å². The van der Waals surface area contributed by atoms with E-state index in [1.807, 2.05) is 0 Å². The third kappa shape index (κ3) is 3.06. The van der Waals surface area contributed by atoms with E-state index in [1.54, 1.807) is 4.90 Å². The number of ether oxygens (including phenoxy) is 2. The average Bonchev–Trinajstić information content (AvgIpc) is 2.12. The zero-order valence-corrected chi connectivity index (χ0v) is 8.28. The largest absolute Gasteiger partial charge is 0.355 e. The van der Waals surface area contributed by atoms with Gasteiger partial charge in [0.1, 0.15) is 0 Å². The van der Waals surface area contributed by atoms with Crippen molar-refractivity contribution in [1.82, 2.24) is 10.2 Å². The molecule has 0 unspecified atom stereocenters. The van der Waals surface area contributed by atoms with Crippen LogP contribution in [0.5, 0.6) is 0 Å². The lowest BCUT2D eigenvalue weighted by Gasteiger charge is -2.27. The van der Waals surface area contributed by atoms with Crippen molar-refractivity contribution in [3.05, 3.63) is 0 Å². The van der Waals surface area contributed by atoms with Crippen LogP contribution in [-0.4, -0.2) is 56.9 Å². The van der Waals surface area contributed by atoms with Gasteiger partial charge in [-0.15, -0.1) is 0 Å². The van der Waals surface area contributed by atoms with Gasteiger partial charge in [-0.05, 0) is 0 Å². The molecule has 0 aliphatic carbocycles. The van der Waals surface area contributed by atoms with E-state index in [1.165, 1.54) is 14.2 Å². The minimum Gasteiger partial charge on any atom is -0.355 e. The molecule has 0 atom stereocenters. The lowest BCUT2D eigenvalue weighted by Crippen LogP contribution is -2.53. The summed E-state index contributed by atoms with van der Waals surface area (Å²) in [5.41, 5.74) is 0. The summed E-state index contributed by atoms with van der Waals surface area (Å²) in [6.45, 7) is 0.816. The van der Waals surface area contributed by atoms with Crippen LogP contribution in [0.25, 0.3) is 0 Å². The van der Waals surface area contributed by atoms with Crippen molar-refractivity contribution in [3.63, 3.8) is 0 Å². The number of imide groups is 1. The van der Waals surface area contributed by atoms with Crippen molar-refractivity contribution in [2.45, 2.75) is 6.29 Å². The number of nitrogens with zero attached hydrogens (tertiary/aromatic N) is 1. The number of nitrogens with one attached hydrogen (secondary N) is 1. The summed E-state index contributed by atoms with van der Waals surface area (Å²) in [4.78, 5) is 23.7. The van der Waals surface area contributed by atoms with E-state index >= 15 is 0 Å². The Morgan fingerprint density at radius 2 is 1.79 bits per heavy atom. The third-order valence-electron chi connectivity index (χ3n) is 1.95. The molecule has 80 valence electrons. The SMILES string of the molecule is COC(CN1CC(=O)NC(=O)C1)OC. The van der Waals surface area contributed by atoms with E-state index in [0.717, 1.165) is 0 Å². The molecule has 6 nitrogen and oxygen atoms in total. The Morgan fingerprint density at radius 1 is 1.29 bits per heavy atom. The molecule has 1 heterocycles. The molecule has 0 aromatic rings. The Morgan fingerprint density at radius 3 is 2.21 bits per heavy atom. The van der Waals surface area contributed by atoms with Gasteiger partial charge in [-0.2, -0.15) is 0 Å². The highest BCUT2D eigenvalue weighted by Gasteiger charge is 2.24. The Kier molecular flexibility index (Phi) is 3.99. The lowest BCUT2D eigenvalue weighted by atomic mass is 10.3. The van der Waals surface area contributed by atoms with Crippen LogP contribution in [0.4, 0.5) is 0 Å². The first-order valence-electron chi connectivity index (χ1n) is 4.26. The number of carbonyl (C=O) groups is 2. The highest BCUT2D eigenvalue weighted by molar-refractivity contribution is 5.99. The maximum Gasteiger partial charge on any atom is 0.240 e. The molecule has 14 heavy (non-hydrogen) atoms. The molecule has 0 aromatic heterocycles. The van der Waals surface area contributed by atoms with Crippen molar-refractivity contribution in [2.75, 3.05) is 33.9 Å². The minimum absolute atomic E-state index is 0.203. The summed E-state index contributed by atoms with van der Waals surface area (Å²) in [5, 5.41) is 2.22. The fourth-order valence-electron chi connectivity index (χ4n) is 1.28. The van der Waals surface area contributed by atoms with Crippen molar-refractivity contribution in [1.29, 1.82) is 0 Å². The molecule has 6 heteroatoms. The van der Waals surface area contributed by atoms with Gasteiger partial charge < -0.3 is 9.47 Å². The highest BCUT2D eigenvalue weighted by Crippen LogP contribution is 1.99. The maximum atomic E-state index is 11.0. The molecule has 0 bridgehead atoms. The van der Waals surface area contributed by atoms with E-state index < -0.39 is 6.29 Å². The summed E-state index contributed by atoms with van der Waals surface area (Å²) in [6.07, 6.45) is -0.409. The highest BCUT2D eigenvalue weighted by atomic mass is 16.7. The molecule has 1 saturated heterocycles. The predicted molar refractivity (Wildman–Crippen MR) is 47.4 cm³/mol. The van der Waals surface area contributed by atoms with Crippen LogP contribution in [0, 0.1) is 0 Å². The topological polar surface area (TPSA) is 67.9 Å². The average molecular weight is 202 g/mol. The lowest BCUT2D eigenvalue weighted by molar-refractivity contribution is -0.143. The third-order valence-corrected chi connectivity index (χ3v) is 1.95. The summed E-state index contributed by atoms with van der Waals surface area (Å²) >= 11 is 0. The Labute approximate surface area is 82.1 Å². The Bertz CT molecular complexity index is 211. The molecule has 0 saturated carbocycles. The van der Waals surface area contributed by atoms with Crippen LogP contribution >= 0.6 is 0 Å². The number of piperazine rings is 1. The number of hydrogen-bond donors (Lipinski definition) is 1. The van der Waals surface area contributed by atoms with Crippen molar-refractivity contribution in [3.8, 4) is 0 Å². The second-order valence-electron chi connectivity index (χ2n) is 3.04. The van der Waals surface area contributed by atoms with Gasteiger partial charge in [-0.25, -0.2) is 0 Å². The second-order valence-corrected chi connectivity index (χ2v) is 3.04. The van der Waals surface area contributed by atoms with E-state index in [9.17, 15) is 9.59 Å². The number of amides is 2. The standard InChI is InChI=1S/C8H14N2O4/c1-13-8(14-2)5-10-3-6(11)9-7(12)4-10/h8H,3-5H2,1-2H3,(H,9,11,12). The first-order valence-corrected chi connectivity index (χ1v) is 4.26.